The molecule has 0 fully saturated rings. The van der Waals surface area contributed by atoms with E-state index in [1.807, 2.05) is 66.9 Å². The minimum absolute atomic E-state index is 0.282. The van der Waals surface area contributed by atoms with E-state index in [1.165, 1.54) is 5.56 Å². The minimum atomic E-state index is -0.282. The van der Waals surface area contributed by atoms with Crippen LogP contribution in [-0.4, -0.2) is 20.7 Å². The molecule has 0 spiro atoms. The highest BCUT2D eigenvalue weighted by molar-refractivity contribution is 7.98. The number of hydrogen-bond donors (Lipinski definition) is 1. The van der Waals surface area contributed by atoms with Crippen LogP contribution in [0.1, 0.15) is 21.6 Å². The summed E-state index contributed by atoms with van der Waals surface area (Å²) in [5.74, 6) is 0.558. The normalized spacial score (nSPS) is 10.7. The van der Waals surface area contributed by atoms with Crippen molar-refractivity contribution >= 4 is 35.0 Å². The van der Waals surface area contributed by atoms with Gasteiger partial charge in [0.15, 0.2) is 0 Å². The zero-order valence-corrected chi connectivity index (χ0v) is 17.8. The largest absolute Gasteiger partial charge is 0.322 e. The van der Waals surface area contributed by atoms with Gasteiger partial charge in [0.1, 0.15) is 10.7 Å². The van der Waals surface area contributed by atoms with Crippen LogP contribution in [0.5, 0.6) is 0 Å². The van der Waals surface area contributed by atoms with Gasteiger partial charge in [-0.2, -0.15) is 5.10 Å². The van der Waals surface area contributed by atoms with Gasteiger partial charge in [0.05, 0.1) is 11.4 Å². The molecule has 0 radical (unpaired) electrons. The zero-order valence-electron chi connectivity index (χ0n) is 16.2. The first-order valence-corrected chi connectivity index (χ1v) is 10.7. The number of anilines is 1. The Morgan fingerprint density at radius 2 is 1.83 bits per heavy atom. The van der Waals surface area contributed by atoms with Gasteiger partial charge in [-0.25, -0.2) is 4.68 Å². The van der Waals surface area contributed by atoms with Crippen LogP contribution in [0.25, 0.3) is 5.69 Å². The van der Waals surface area contributed by atoms with E-state index in [-0.39, 0.29) is 5.91 Å². The van der Waals surface area contributed by atoms with Crippen molar-refractivity contribution in [2.24, 2.45) is 0 Å². The van der Waals surface area contributed by atoms with E-state index in [1.54, 1.807) is 29.6 Å². The van der Waals surface area contributed by atoms with Crippen molar-refractivity contribution in [3.63, 3.8) is 0 Å². The molecule has 2 heterocycles. The van der Waals surface area contributed by atoms with Crippen molar-refractivity contribution in [2.45, 2.75) is 17.6 Å². The Morgan fingerprint density at radius 1 is 1.07 bits per heavy atom. The van der Waals surface area contributed by atoms with Crippen molar-refractivity contribution in [1.82, 2.24) is 14.8 Å². The summed E-state index contributed by atoms with van der Waals surface area (Å²) in [7, 11) is 0. The Bertz CT molecular complexity index is 1150. The quantitative estimate of drug-likeness (QED) is 0.391. The summed E-state index contributed by atoms with van der Waals surface area (Å²) in [5.41, 5.74) is 3.62. The first-order valence-electron chi connectivity index (χ1n) is 9.35. The highest BCUT2D eigenvalue weighted by Crippen LogP contribution is 2.26. The van der Waals surface area contributed by atoms with Crippen LogP contribution in [0, 0.1) is 6.92 Å². The van der Waals surface area contributed by atoms with Crippen LogP contribution in [0.4, 0.5) is 5.69 Å². The summed E-state index contributed by atoms with van der Waals surface area (Å²) in [6.07, 6.45) is 3.63. The fraction of sp³-hybridized carbons (Fsp3) is 0.0870. The second-order valence-corrected chi connectivity index (χ2v) is 8.03. The van der Waals surface area contributed by atoms with Crippen molar-refractivity contribution in [3.05, 3.63) is 101 Å². The number of halogens is 1. The van der Waals surface area contributed by atoms with Crippen LogP contribution >= 0.6 is 23.4 Å². The Morgan fingerprint density at radius 3 is 2.53 bits per heavy atom. The molecule has 5 nitrogen and oxygen atoms in total. The lowest BCUT2D eigenvalue weighted by Crippen LogP contribution is -2.13. The molecule has 1 amide bonds. The summed E-state index contributed by atoms with van der Waals surface area (Å²) >= 11 is 8.20. The molecule has 30 heavy (non-hydrogen) atoms. The summed E-state index contributed by atoms with van der Waals surface area (Å²) in [6.45, 7) is 1.78. The lowest BCUT2D eigenvalue weighted by molar-refractivity contribution is 0.102. The molecule has 0 atom stereocenters. The van der Waals surface area contributed by atoms with E-state index in [0.29, 0.717) is 22.1 Å². The number of para-hydroxylation sites is 1. The van der Waals surface area contributed by atoms with Gasteiger partial charge in [0.25, 0.3) is 5.91 Å². The molecule has 2 aromatic carbocycles. The van der Waals surface area contributed by atoms with E-state index < -0.39 is 0 Å². The second-order valence-electron chi connectivity index (χ2n) is 6.63. The van der Waals surface area contributed by atoms with Gasteiger partial charge in [-0.3, -0.25) is 9.78 Å². The first-order chi connectivity index (χ1) is 14.6. The molecule has 0 bridgehead atoms. The molecule has 2 aromatic heterocycles. The molecule has 7 heteroatoms. The maximum atomic E-state index is 12.8. The fourth-order valence-corrected chi connectivity index (χ4v) is 4.17. The number of nitrogens with zero attached hydrogens (tertiary/aromatic N) is 3. The summed E-state index contributed by atoms with van der Waals surface area (Å²) in [5, 5.41) is 7.63. The predicted octanol–water partition coefficient (Wildman–Crippen LogP) is 5.77. The SMILES string of the molecule is Cc1nn(-c2ccccc2)c(Cl)c1C(=O)Nc1ccc(SCc2cccnc2)cc1. The molecule has 150 valence electrons. The summed E-state index contributed by atoms with van der Waals surface area (Å²) in [6, 6.07) is 21.2. The third-order valence-electron chi connectivity index (χ3n) is 4.47. The number of rotatable bonds is 6. The lowest BCUT2D eigenvalue weighted by Gasteiger charge is -2.07. The number of aryl methyl sites for hydroxylation is 1. The maximum Gasteiger partial charge on any atom is 0.260 e. The van der Waals surface area contributed by atoms with Crippen LogP contribution in [0.3, 0.4) is 0 Å². The number of hydrogen-bond acceptors (Lipinski definition) is 4. The Hall–Kier alpha value is -3.09. The molecule has 0 saturated heterocycles. The molecule has 4 aromatic rings. The highest BCUT2D eigenvalue weighted by atomic mass is 35.5. The topological polar surface area (TPSA) is 59.8 Å². The van der Waals surface area contributed by atoms with Crippen LogP contribution in [0.2, 0.25) is 5.15 Å². The standard InChI is InChI=1S/C23H19ClN4OS/c1-16-21(22(24)28(27-16)19-7-3-2-4-8-19)23(29)26-18-9-11-20(12-10-18)30-15-17-6-5-13-25-14-17/h2-14H,15H2,1H3,(H,26,29). The number of carbonyl (C=O) groups excluding carboxylic acids is 1. The van der Waals surface area contributed by atoms with Gasteiger partial charge < -0.3 is 5.32 Å². The van der Waals surface area contributed by atoms with Crippen molar-refractivity contribution < 1.29 is 4.79 Å². The number of pyridine rings is 1. The molecule has 0 aliphatic carbocycles. The van der Waals surface area contributed by atoms with E-state index in [4.69, 9.17) is 11.6 Å². The average molecular weight is 435 g/mol. The molecule has 0 aliphatic heterocycles. The lowest BCUT2D eigenvalue weighted by atomic mass is 10.2. The maximum absolute atomic E-state index is 12.8. The number of aromatic nitrogens is 3. The molecular formula is C23H19ClN4OS. The number of thioether (sulfide) groups is 1. The molecule has 0 saturated carbocycles. The monoisotopic (exact) mass is 434 g/mol. The van der Waals surface area contributed by atoms with E-state index in [0.717, 1.165) is 16.3 Å². The van der Waals surface area contributed by atoms with E-state index in [9.17, 15) is 4.79 Å². The minimum Gasteiger partial charge on any atom is -0.322 e. The van der Waals surface area contributed by atoms with Crippen LogP contribution < -0.4 is 5.32 Å². The Kier molecular flexibility index (Phi) is 6.16. The second kappa shape index (κ2) is 9.15. The molecule has 0 aliphatic rings. The van der Waals surface area contributed by atoms with Gasteiger partial charge in [-0.1, -0.05) is 35.9 Å². The number of amides is 1. The van der Waals surface area contributed by atoms with Crippen LogP contribution in [-0.2, 0) is 5.75 Å². The van der Waals surface area contributed by atoms with Gasteiger partial charge in [-0.05, 0) is 55.0 Å². The van der Waals surface area contributed by atoms with Crippen LogP contribution in [0.15, 0.2) is 84.0 Å². The third kappa shape index (κ3) is 4.56. The molecular weight excluding hydrogens is 416 g/mol. The van der Waals surface area contributed by atoms with Crippen molar-refractivity contribution in [1.29, 1.82) is 0 Å². The van der Waals surface area contributed by atoms with Gasteiger partial charge in [-0.15, -0.1) is 11.8 Å². The number of benzene rings is 2. The van der Waals surface area contributed by atoms with Crippen molar-refractivity contribution in [3.8, 4) is 5.69 Å². The van der Waals surface area contributed by atoms with Gasteiger partial charge in [0.2, 0.25) is 0 Å². The summed E-state index contributed by atoms with van der Waals surface area (Å²) in [4.78, 5) is 18.1. The molecule has 4 rings (SSSR count). The smallest absolute Gasteiger partial charge is 0.260 e. The average Bonchev–Trinajstić information content (AvgIpc) is 3.08. The Balaban J connectivity index is 1.45. The Labute approximate surface area is 184 Å². The first kappa shape index (κ1) is 20.2. The van der Waals surface area contributed by atoms with E-state index >= 15 is 0 Å². The number of nitrogens with one attached hydrogen (secondary N) is 1. The van der Waals surface area contributed by atoms with Crippen molar-refractivity contribution in [2.75, 3.05) is 5.32 Å². The number of carbonyl (C=O) groups is 1. The summed E-state index contributed by atoms with van der Waals surface area (Å²) < 4.78 is 1.57. The predicted molar refractivity (Wildman–Crippen MR) is 122 cm³/mol. The third-order valence-corrected chi connectivity index (χ3v) is 5.90. The fourth-order valence-electron chi connectivity index (χ4n) is 2.98. The molecule has 0 unspecified atom stereocenters. The highest BCUT2D eigenvalue weighted by Gasteiger charge is 2.21. The molecule has 1 N–H and O–H groups in total. The van der Waals surface area contributed by atoms with Gasteiger partial charge in [0, 0.05) is 28.7 Å². The van der Waals surface area contributed by atoms with E-state index in [2.05, 4.69) is 21.5 Å². The van der Waals surface area contributed by atoms with Gasteiger partial charge >= 0.3 is 0 Å². The zero-order chi connectivity index (χ0) is 20.9.